The van der Waals surface area contributed by atoms with E-state index in [1.54, 1.807) is 12.1 Å². The number of nitrogens with one attached hydrogen (secondary N) is 1. The second-order valence-corrected chi connectivity index (χ2v) is 6.72. The Kier molecular flexibility index (Phi) is 5.34. The standard InChI is InChI=1S/C15H24ClN3O2/c1-9(2)19(6)12-8-13(11(17)7-10(12)16)21-14(20)18-15(3,4)5/h7-9H,17H2,1-6H3,(H,18,20). The molecule has 5 nitrogen and oxygen atoms in total. The summed E-state index contributed by atoms with van der Waals surface area (Å²) in [6, 6.07) is 3.53. The molecule has 0 radical (unpaired) electrons. The molecule has 1 aromatic rings. The fourth-order valence-corrected chi connectivity index (χ4v) is 1.93. The third kappa shape index (κ3) is 5.01. The molecule has 0 aromatic heterocycles. The maximum atomic E-state index is 11.8. The molecule has 0 atom stereocenters. The monoisotopic (exact) mass is 313 g/mol. The van der Waals surface area contributed by atoms with Crippen molar-refractivity contribution in [2.24, 2.45) is 0 Å². The molecule has 118 valence electrons. The smallest absolute Gasteiger partial charge is 0.408 e. The number of carbonyl (C=O) groups excluding carboxylic acids is 1. The van der Waals surface area contributed by atoms with Crippen LogP contribution in [-0.2, 0) is 0 Å². The third-order valence-corrected chi connectivity index (χ3v) is 3.22. The zero-order valence-electron chi connectivity index (χ0n) is 13.5. The fourth-order valence-electron chi connectivity index (χ4n) is 1.63. The summed E-state index contributed by atoms with van der Waals surface area (Å²) in [6.07, 6.45) is -0.547. The van der Waals surface area contributed by atoms with Gasteiger partial charge in [-0.05, 0) is 40.7 Å². The van der Waals surface area contributed by atoms with Crippen molar-refractivity contribution in [3.05, 3.63) is 17.2 Å². The molecule has 0 saturated heterocycles. The summed E-state index contributed by atoms with van der Waals surface area (Å²) in [5.74, 6) is 0.295. The summed E-state index contributed by atoms with van der Waals surface area (Å²) < 4.78 is 5.29. The van der Waals surface area contributed by atoms with Crippen molar-refractivity contribution in [2.75, 3.05) is 17.7 Å². The second kappa shape index (κ2) is 6.43. The van der Waals surface area contributed by atoms with E-state index in [-0.39, 0.29) is 11.6 Å². The van der Waals surface area contributed by atoms with Crippen molar-refractivity contribution in [1.82, 2.24) is 5.32 Å². The number of hydrogen-bond donors (Lipinski definition) is 2. The average molecular weight is 314 g/mol. The highest BCUT2D eigenvalue weighted by atomic mass is 35.5. The van der Waals surface area contributed by atoms with Crippen LogP contribution >= 0.6 is 11.6 Å². The predicted octanol–water partition coefficient (Wildman–Crippen LogP) is 3.65. The van der Waals surface area contributed by atoms with Crippen LogP contribution in [-0.4, -0.2) is 24.7 Å². The fraction of sp³-hybridized carbons (Fsp3) is 0.533. The molecular weight excluding hydrogens is 290 g/mol. The summed E-state index contributed by atoms with van der Waals surface area (Å²) in [7, 11) is 1.92. The number of benzene rings is 1. The summed E-state index contributed by atoms with van der Waals surface area (Å²) in [5.41, 5.74) is 6.58. The van der Waals surface area contributed by atoms with Gasteiger partial charge in [0.1, 0.15) is 0 Å². The maximum Gasteiger partial charge on any atom is 0.413 e. The average Bonchev–Trinajstić information content (AvgIpc) is 2.29. The van der Waals surface area contributed by atoms with Gasteiger partial charge in [0.25, 0.3) is 0 Å². The number of amides is 1. The predicted molar refractivity (Wildman–Crippen MR) is 88.3 cm³/mol. The summed E-state index contributed by atoms with van der Waals surface area (Å²) in [5, 5.41) is 3.24. The van der Waals surface area contributed by atoms with E-state index >= 15 is 0 Å². The van der Waals surface area contributed by atoms with Gasteiger partial charge < -0.3 is 20.7 Å². The lowest BCUT2D eigenvalue weighted by atomic mass is 10.1. The van der Waals surface area contributed by atoms with Crippen molar-refractivity contribution in [3.8, 4) is 5.75 Å². The Hall–Kier alpha value is -1.62. The molecule has 0 bridgehead atoms. The highest BCUT2D eigenvalue weighted by molar-refractivity contribution is 6.33. The summed E-state index contributed by atoms with van der Waals surface area (Å²) in [4.78, 5) is 13.8. The van der Waals surface area contributed by atoms with Gasteiger partial charge in [-0.15, -0.1) is 0 Å². The van der Waals surface area contributed by atoms with E-state index in [9.17, 15) is 4.79 Å². The minimum Gasteiger partial charge on any atom is -0.408 e. The molecule has 0 heterocycles. The van der Waals surface area contributed by atoms with E-state index in [1.165, 1.54) is 0 Å². The van der Waals surface area contributed by atoms with Gasteiger partial charge in [0.2, 0.25) is 0 Å². The topological polar surface area (TPSA) is 67.6 Å². The van der Waals surface area contributed by atoms with Gasteiger partial charge in [-0.3, -0.25) is 0 Å². The first-order chi connectivity index (χ1) is 9.51. The number of nitrogens with two attached hydrogens (primary N) is 1. The number of nitrogen functional groups attached to an aromatic ring is 1. The zero-order chi connectivity index (χ0) is 16.4. The van der Waals surface area contributed by atoms with Gasteiger partial charge in [-0.25, -0.2) is 4.79 Å². The molecule has 0 unspecified atom stereocenters. The van der Waals surface area contributed by atoms with Crippen molar-refractivity contribution in [1.29, 1.82) is 0 Å². The van der Waals surface area contributed by atoms with Gasteiger partial charge in [-0.2, -0.15) is 0 Å². The number of anilines is 2. The third-order valence-electron chi connectivity index (χ3n) is 2.91. The van der Waals surface area contributed by atoms with Gasteiger partial charge >= 0.3 is 6.09 Å². The molecule has 1 aromatic carbocycles. The Morgan fingerprint density at radius 1 is 1.38 bits per heavy atom. The highest BCUT2D eigenvalue weighted by Crippen LogP contribution is 2.35. The van der Waals surface area contributed by atoms with Crippen molar-refractivity contribution in [3.63, 3.8) is 0 Å². The van der Waals surface area contributed by atoms with Crippen LogP contribution in [0.25, 0.3) is 0 Å². The number of halogens is 1. The highest BCUT2D eigenvalue weighted by Gasteiger charge is 2.18. The van der Waals surface area contributed by atoms with E-state index in [1.807, 2.05) is 46.6 Å². The molecule has 1 amide bonds. The van der Waals surface area contributed by atoms with Crippen LogP contribution in [0.4, 0.5) is 16.2 Å². The number of ether oxygens (including phenoxy) is 1. The van der Waals surface area contributed by atoms with Crippen LogP contribution in [0.3, 0.4) is 0 Å². The largest absolute Gasteiger partial charge is 0.413 e. The minimum atomic E-state index is -0.547. The number of carbonyl (C=O) groups is 1. The van der Waals surface area contributed by atoms with Crippen LogP contribution in [0, 0.1) is 0 Å². The zero-order valence-corrected chi connectivity index (χ0v) is 14.2. The van der Waals surface area contributed by atoms with Crippen molar-refractivity contribution in [2.45, 2.75) is 46.2 Å². The Balaban J connectivity index is 3.03. The lowest BCUT2D eigenvalue weighted by Gasteiger charge is -2.26. The molecular formula is C15H24ClN3O2. The Bertz CT molecular complexity index is 524. The van der Waals surface area contributed by atoms with E-state index < -0.39 is 6.09 Å². The van der Waals surface area contributed by atoms with Gasteiger partial charge in [-0.1, -0.05) is 11.6 Å². The van der Waals surface area contributed by atoms with Crippen LogP contribution in [0.1, 0.15) is 34.6 Å². The normalized spacial score (nSPS) is 11.4. The van der Waals surface area contributed by atoms with Crippen LogP contribution in [0.15, 0.2) is 12.1 Å². The van der Waals surface area contributed by atoms with Crippen molar-refractivity contribution >= 4 is 29.1 Å². The molecule has 0 spiro atoms. The van der Waals surface area contributed by atoms with Gasteiger partial charge in [0.15, 0.2) is 5.75 Å². The first-order valence-electron chi connectivity index (χ1n) is 6.83. The van der Waals surface area contributed by atoms with E-state index in [0.717, 1.165) is 5.69 Å². The molecule has 3 N–H and O–H groups in total. The van der Waals surface area contributed by atoms with E-state index in [2.05, 4.69) is 5.32 Å². The Labute approximate surface area is 131 Å². The second-order valence-electron chi connectivity index (χ2n) is 6.31. The Morgan fingerprint density at radius 2 is 1.95 bits per heavy atom. The van der Waals surface area contributed by atoms with E-state index in [4.69, 9.17) is 22.1 Å². The van der Waals surface area contributed by atoms with Crippen LogP contribution < -0.4 is 20.7 Å². The minimum absolute atomic E-state index is 0.252. The maximum absolute atomic E-state index is 11.8. The molecule has 0 aliphatic heterocycles. The molecule has 21 heavy (non-hydrogen) atoms. The molecule has 0 aliphatic carbocycles. The Morgan fingerprint density at radius 3 is 2.43 bits per heavy atom. The lowest BCUT2D eigenvalue weighted by molar-refractivity contribution is 0.191. The van der Waals surface area contributed by atoms with Crippen LogP contribution in [0.5, 0.6) is 5.75 Å². The molecule has 0 aliphatic rings. The van der Waals surface area contributed by atoms with Crippen molar-refractivity contribution < 1.29 is 9.53 Å². The first kappa shape index (κ1) is 17.4. The van der Waals surface area contributed by atoms with Gasteiger partial charge in [0, 0.05) is 24.7 Å². The summed E-state index contributed by atoms with van der Waals surface area (Å²) in [6.45, 7) is 9.70. The molecule has 0 fully saturated rings. The summed E-state index contributed by atoms with van der Waals surface area (Å²) >= 11 is 6.21. The van der Waals surface area contributed by atoms with Crippen LogP contribution in [0.2, 0.25) is 5.02 Å². The first-order valence-corrected chi connectivity index (χ1v) is 7.21. The molecule has 1 rings (SSSR count). The number of nitrogens with zero attached hydrogens (tertiary/aromatic N) is 1. The molecule has 0 saturated carbocycles. The van der Waals surface area contributed by atoms with Gasteiger partial charge in [0.05, 0.1) is 16.4 Å². The quantitative estimate of drug-likeness (QED) is 0.836. The van der Waals surface area contributed by atoms with E-state index in [0.29, 0.717) is 16.5 Å². The lowest BCUT2D eigenvalue weighted by Crippen LogP contribution is -2.42. The number of rotatable bonds is 3. The SMILES string of the molecule is CC(C)N(C)c1cc(OC(=O)NC(C)(C)C)c(N)cc1Cl. The number of hydrogen-bond acceptors (Lipinski definition) is 4. The molecule has 6 heteroatoms.